The molecule has 0 aliphatic carbocycles. The Morgan fingerprint density at radius 2 is 1.03 bits per heavy atom. The average molecular weight is 479 g/mol. The molecule has 0 saturated heterocycles. The molecule has 0 rings (SSSR count). The van der Waals surface area contributed by atoms with Crippen LogP contribution in [0.4, 0.5) is 0 Å². The van der Waals surface area contributed by atoms with Gasteiger partial charge in [0.05, 0.1) is 6.61 Å². The maximum absolute atomic E-state index is 9.24. The van der Waals surface area contributed by atoms with Crippen molar-refractivity contribution in [2.24, 2.45) is 0 Å². The Labute approximate surface area is 246 Å². The predicted octanol–water partition coefficient (Wildman–Crippen LogP) is -3.93. The van der Waals surface area contributed by atoms with E-state index in [0.717, 1.165) is 6.42 Å². The number of hydrogen-bond acceptors (Lipinski definition) is 6. The summed E-state index contributed by atoms with van der Waals surface area (Å²) < 4.78 is 21.6. The van der Waals surface area contributed by atoms with Crippen LogP contribution in [-0.4, -0.2) is 11.7 Å². The molecule has 0 aromatic heterocycles. The zero-order chi connectivity index (χ0) is 19.9. The molecular weight excluding hydrogens is 443 g/mol. The molecule has 0 fully saturated rings. The van der Waals surface area contributed by atoms with Gasteiger partial charge in [-0.3, -0.25) is 0 Å². The fourth-order valence-corrected chi connectivity index (χ4v) is 2.96. The first-order valence-corrected chi connectivity index (χ1v) is 12.0. The third kappa shape index (κ3) is 49.1. The Bertz CT molecular complexity index is 352. The van der Waals surface area contributed by atoms with Gasteiger partial charge in [-0.15, -0.1) is 0 Å². The molecule has 0 aromatic rings. The Kier molecular flexibility index (Phi) is 55.1. The van der Waals surface area contributed by atoms with E-state index >= 15 is 0 Å². The molecule has 1 N–H and O–H groups in total. The molecule has 0 amide bonds. The molecule has 6 nitrogen and oxygen atoms in total. The van der Waals surface area contributed by atoms with Crippen LogP contribution in [0.3, 0.4) is 0 Å². The van der Waals surface area contributed by atoms with Crippen molar-refractivity contribution in [2.75, 3.05) is 6.61 Å². The molecule has 0 bridgehead atoms. The third-order valence-electron chi connectivity index (χ3n) is 3.88. The summed E-state index contributed by atoms with van der Waals surface area (Å²) in [7, 11) is -6.47. The molecule has 29 heavy (non-hydrogen) atoms. The minimum atomic E-state index is -3.24. The smallest absolute Gasteiger partial charge is 0.563 e. The second-order valence-corrected chi connectivity index (χ2v) is 7.76. The van der Waals surface area contributed by atoms with E-state index in [9.17, 15) is 18.9 Å². The number of allylic oxidation sites excluding steroid dienone is 1. The van der Waals surface area contributed by atoms with E-state index in [2.05, 4.69) is 17.3 Å². The Morgan fingerprint density at radius 1 is 0.690 bits per heavy atom. The number of aliphatic hydroxyl groups is 1. The molecule has 0 radical (unpaired) electrons. The summed E-state index contributed by atoms with van der Waals surface area (Å²) >= 11 is 0. The first kappa shape index (κ1) is 42.0. The second kappa shape index (κ2) is 38.1. The number of aliphatic hydroxyl groups excluding tert-OH is 1. The van der Waals surface area contributed by atoms with E-state index < -0.39 is 16.5 Å². The fourth-order valence-electron chi connectivity index (χ4n) is 2.53. The first-order chi connectivity index (χ1) is 12.5. The molecule has 0 saturated carbocycles. The van der Waals surface area contributed by atoms with Crippen LogP contribution in [-0.2, 0) is 13.4 Å². The van der Waals surface area contributed by atoms with Gasteiger partial charge < -0.3 is 14.9 Å². The van der Waals surface area contributed by atoms with Gasteiger partial charge in [0.15, 0.2) is 0 Å². The molecular formula is C18H36Na3O6P2+3. The van der Waals surface area contributed by atoms with Crippen LogP contribution in [0.15, 0.2) is 12.2 Å². The van der Waals surface area contributed by atoms with Gasteiger partial charge in [-0.2, -0.15) is 0 Å². The summed E-state index contributed by atoms with van der Waals surface area (Å²) in [6.07, 6.45) is 23.4. The summed E-state index contributed by atoms with van der Waals surface area (Å²) in [5, 5.41) is 8.58. The van der Waals surface area contributed by atoms with Crippen LogP contribution in [0.25, 0.3) is 0 Å². The Balaban J connectivity index is -0.000000166. The molecule has 2 unspecified atom stereocenters. The topological polar surface area (TPSA) is 110 Å². The summed E-state index contributed by atoms with van der Waals surface area (Å²) in [6.45, 7) is 2.47. The largest absolute Gasteiger partial charge is 1.00 e. The first-order valence-electron chi connectivity index (χ1n) is 9.77. The van der Waals surface area contributed by atoms with E-state index in [1.165, 1.54) is 83.5 Å². The number of rotatable bonds is 17. The van der Waals surface area contributed by atoms with Gasteiger partial charge >= 0.3 is 105 Å². The molecule has 0 heterocycles. The average Bonchev–Trinajstić information content (AvgIpc) is 2.58. The van der Waals surface area contributed by atoms with Crippen molar-refractivity contribution in [3.05, 3.63) is 12.2 Å². The van der Waals surface area contributed by atoms with Gasteiger partial charge in [-0.05, 0) is 22.0 Å². The molecule has 0 aliphatic rings. The summed E-state index contributed by atoms with van der Waals surface area (Å²) in [6, 6.07) is 0. The van der Waals surface area contributed by atoms with Crippen LogP contribution in [0, 0.1) is 0 Å². The van der Waals surface area contributed by atoms with Crippen LogP contribution >= 0.6 is 16.5 Å². The maximum Gasteiger partial charge on any atom is 1.00 e. The van der Waals surface area contributed by atoms with Crippen LogP contribution in [0.2, 0.25) is 0 Å². The van der Waals surface area contributed by atoms with Crippen molar-refractivity contribution in [1.82, 2.24) is 0 Å². The van der Waals surface area contributed by atoms with Gasteiger partial charge in [-0.25, -0.2) is 0 Å². The number of hydrogen-bond donors (Lipinski definition) is 1. The molecule has 154 valence electrons. The second-order valence-electron chi connectivity index (χ2n) is 6.21. The summed E-state index contributed by atoms with van der Waals surface area (Å²) in [5.41, 5.74) is 0. The van der Waals surface area contributed by atoms with Crippen molar-refractivity contribution in [3.63, 3.8) is 0 Å². The van der Waals surface area contributed by atoms with Gasteiger partial charge in [-0.1, -0.05) is 96.1 Å². The molecule has 11 heteroatoms. The van der Waals surface area contributed by atoms with Crippen molar-refractivity contribution in [2.45, 2.75) is 96.8 Å². The fraction of sp³-hybridized carbons (Fsp3) is 0.889. The van der Waals surface area contributed by atoms with E-state index in [-0.39, 0.29) is 95.3 Å². The Morgan fingerprint density at radius 3 is 1.31 bits per heavy atom. The number of unbranched alkanes of at least 4 members (excludes halogenated alkanes) is 13. The molecule has 0 spiro atoms. The minimum absolute atomic E-state index is 0. The van der Waals surface area contributed by atoms with Gasteiger partial charge in [0.1, 0.15) is 4.31 Å². The van der Waals surface area contributed by atoms with Gasteiger partial charge in [0, 0.05) is 0 Å². The SMILES string of the molecule is CCCCCCCCCCCCCCCC=CCO.O=[P+]([O-])O[P+](=O)[O-].[Na+].[Na+].[Na+]. The normalized spacial score (nSPS) is 10.8. The van der Waals surface area contributed by atoms with Crippen LogP contribution < -0.4 is 98.5 Å². The van der Waals surface area contributed by atoms with E-state index in [0.29, 0.717) is 0 Å². The van der Waals surface area contributed by atoms with Gasteiger partial charge in [0.25, 0.3) is 0 Å². The monoisotopic (exact) mass is 479 g/mol. The zero-order valence-corrected chi connectivity index (χ0v) is 26.9. The maximum atomic E-state index is 9.24. The van der Waals surface area contributed by atoms with Gasteiger partial charge in [0.2, 0.25) is 0 Å². The van der Waals surface area contributed by atoms with Crippen LogP contribution in [0.5, 0.6) is 0 Å². The molecule has 0 aromatic carbocycles. The van der Waals surface area contributed by atoms with Crippen molar-refractivity contribution < 1.29 is 117 Å². The van der Waals surface area contributed by atoms with Crippen molar-refractivity contribution >= 4 is 16.5 Å². The van der Waals surface area contributed by atoms with Crippen molar-refractivity contribution in [3.8, 4) is 0 Å². The predicted molar refractivity (Wildman–Crippen MR) is 103 cm³/mol. The van der Waals surface area contributed by atoms with Crippen molar-refractivity contribution in [1.29, 1.82) is 0 Å². The van der Waals surface area contributed by atoms with E-state index in [1.54, 1.807) is 0 Å². The standard InChI is InChI=1S/C18H36O.3Na.O5P2/c1-2-3-4-5-6-7-8-9-10-11-12-13-14-15-16-17-18-19;;;;1-6(2)5-7(3)4/h16-17,19H,2-15,18H2,1H3;;;;/q;3*+1;. The molecule has 0 aliphatic heterocycles. The quantitative estimate of drug-likeness (QED) is 0.0988. The summed E-state index contributed by atoms with van der Waals surface area (Å²) in [4.78, 5) is 18.5. The van der Waals surface area contributed by atoms with E-state index in [1.807, 2.05) is 6.08 Å². The molecule has 2 atom stereocenters. The Hall–Kier alpha value is 2.78. The summed E-state index contributed by atoms with van der Waals surface area (Å²) in [5.74, 6) is 0. The zero-order valence-electron chi connectivity index (χ0n) is 19.1. The van der Waals surface area contributed by atoms with Crippen LogP contribution in [0.1, 0.15) is 96.8 Å². The van der Waals surface area contributed by atoms with E-state index in [4.69, 9.17) is 5.11 Å². The minimum Gasteiger partial charge on any atom is -0.563 e. The third-order valence-corrected chi connectivity index (χ3v) is 4.95.